The van der Waals surface area contributed by atoms with Crippen molar-refractivity contribution in [3.05, 3.63) is 33.2 Å². The first kappa shape index (κ1) is 17.5. The highest BCUT2D eigenvalue weighted by atomic mass is 16.5. The summed E-state index contributed by atoms with van der Waals surface area (Å²) in [4.78, 5) is 31.0. The number of aromatic amines is 1. The number of methoxy groups -OCH3 is 1. The highest BCUT2D eigenvalue weighted by molar-refractivity contribution is 5.74. The molecule has 0 radical (unpaired) electrons. The fraction of sp³-hybridized carbons (Fsp3) is 0.625. The number of piperazine rings is 1. The van der Waals surface area contributed by atoms with Crippen LogP contribution in [0.3, 0.4) is 0 Å². The summed E-state index contributed by atoms with van der Waals surface area (Å²) in [5.41, 5.74) is 2.21. The Morgan fingerprint density at radius 1 is 1.30 bits per heavy atom. The number of nitrogens with zero attached hydrogens (tertiary/aromatic N) is 2. The average Bonchev–Trinajstić information content (AvgIpc) is 2.52. The summed E-state index contributed by atoms with van der Waals surface area (Å²) in [7, 11) is 1.69. The zero-order chi connectivity index (χ0) is 16.8. The van der Waals surface area contributed by atoms with Crippen LogP contribution < -0.4 is 10.9 Å². The molecule has 1 aromatic heterocycles. The van der Waals surface area contributed by atoms with Crippen molar-refractivity contribution in [2.45, 2.75) is 20.4 Å². The van der Waals surface area contributed by atoms with Gasteiger partial charge in [0, 0.05) is 51.1 Å². The molecule has 0 bridgehead atoms. The summed E-state index contributed by atoms with van der Waals surface area (Å²) >= 11 is 0. The second kappa shape index (κ2) is 8.12. The minimum atomic E-state index is -0.132. The summed E-state index contributed by atoms with van der Waals surface area (Å²) in [6, 6.07) is 1.80. The molecular formula is C16H26N4O3. The minimum absolute atomic E-state index is 0.115. The summed E-state index contributed by atoms with van der Waals surface area (Å²) in [5, 5.41) is 2.85. The Hall–Kier alpha value is -1.86. The molecule has 2 N–H and O–H groups in total. The Morgan fingerprint density at radius 2 is 2.00 bits per heavy atom. The Morgan fingerprint density at radius 3 is 2.61 bits per heavy atom. The van der Waals surface area contributed by atoms with Crippen LogP contribution in [0.4, 0.5) is 4.79 Å². The Bertz CT molecular complexity index is 591. The molecule has 0 unspecified atom stereocenters. The van der Waals surface area contributed by atoms with Crippen LogP contribution in [-0.2, 0) is 11.3 Å². The molecule has 1 aliphatic heterocycles. The van der Waals surface area contributed by atoms with Gasteiger partial charge in [0.05, 0.1) is 13.2 Å². The number of carbonyl (C=O) groups excluding carboxylic acids is 1. The molecule has 0 saturated carbocycles. The lowest BCUT2D eigenvalue weighted by atomic mass is 10.1. The number of urea groups is 1. The zero-order valence-electron chi connectivity index (χ0n) is 14.1. The number of nitrogens with one attached hydrogen (secondary N) is 2. The third kappa shape index (κ3) is 4.80. The van der Waals surface area contributed by atoms with E-state index in [1.54, 1.807) is 12.0 Å². The number of pyridine rings is 1. The van der Waals surface area contributed by atoms with Gasteiger partial charge in [0.15, 0.2) is 0 Å². The van der Waals surface area contributed by atoms with Gasteiger partial charge in [-0.1, -0.05) is 0 Å². The maximum Gasteiger partial charge on any atom is 0.317 e. The Labute approximate surface area is 136 Å². The minimum Gasteiger partial charge on any atom is -0.383 e. The SMILES string of the molecule is COCCN1CCN(C(=O)NCc2c(C)cc(C)[nH]c2=O)CC1. The van der Waals surface area contributed by atoms with E-state index in [2.05, 4.69) is 15.2 Å². The molecule has 2 heterocycles. The lowest BCUT2D eigenvalue weighted by Gasteiger charge is -2.34. The zero-order valence-corrected chi connectivity index (χ0v) is 14.1. The number of carbonyl (C=O) groups is 1. The molecule has 1 aromatic rings. The lowest BCUT2D eigenvalue weighted by Crippen LogP contribution is -2.52. The van der Waals surface area contributed by atoms with Gasteiger partial charge in [-0.05, 0) is 25.5 Å². The van der Waals surface area contributed by atoms with Crippen LogP contribution in [0.1, 0.15) is 16.8 Å². The first-order valence-corrected chi connectivity index (χ1v) is 7.94. The first-order valence-electron chi connectivity index (χ1n) is 7.94. The molecule has 0 spiro atoms. The fourth-order valence-electron chi connectivity index (χ4n) is 2.77. The molecule has 128 valence electrons. The van der Waals surface area contributed by atoms with Crippen molar-refractivity contribution in [2.24, 2.45) is 0 Å². The van der Waals surface area contributed by atoms with Crippen LogP contribution in [-0.4, -0.2) is 67.3 Å². The van der Waals surface area contributed by atoms with Crippen LogP contribution >= 0.6 is 0 Å². The molecule has 1 saturated heterocycles. The molecule has 2 amide bonds. The average molecular weight is 322 g/mol. The van der Waals surface area contributed by atoms with E-state index in [0.29, 0.717) is 25.3 Å². The van der Waals surface area contributed by atoms with Crippen LogP contribution in [0.2, 0.25) is 0 Å². The van der Waals surface area contributed by atoms with Crippen molar-refractivity contribution in [3.63, 3.8) is 0 Å². The molecule has 23 heavy (non-hydrogen) atoms. The van der Waals surface area contributed by atoms with Crippen molar-refractivity contribution >= 4 is 6.03 Å². The Balaban J connectivity index is 1.83. The molecule has 0 aromatic carbocycles. The van der Waals surface area contributed by atoms with Gasteiger partial charge in [0.2, 0.25) is 0 Å². The van der Waals surface area contributed by atoms with Crippen molar-refractivity contribution in [1.82, 2.24) is 20.1 Å². The summed E-state index contributed by atoms with van der Waals surface area (Å²) in [6.07, 6.45) is 0. The van der Waals surface area contributed by atoms with E-state index in [9.17, 15) is 9.59 Å². The number of amides is 2. The van der Waals surface area contributed by atoms with E-state index < -0.39 is 0 Å². The van der Waals surface area contributed by atoms with E-state index in [1.165, 1.54) is 0 Å². The largest absolute Gasteiger partial charge is 0.383 e. The van der Waals surface area contributed by atoms with Crippen LogP contribution in [0, 0.1) is 13.8 Å². The normalized spacial score (nSPS) is 15.7. The molecule has 0 atom stereocenters. The van der Waals surface area contributed by atoms with Crippen LogP contribution in [0.15, 0.2) is 10.9 Å². The topological polar surface area (TPSA) is 77.7 Å². The van der Waals surface area contributed by atoms with Gasteiger partial charge in [0.1, 0.15) is 0 Å². The van der Waals surface area contributed by atoms with Crippen molar-refractivity contribution in [1.29, 1.82) is 0 Å². The molecule has 1 fully saturated rings. The van der Waals surface area contributed by atoms with E-state index in [-0.39, 0.29) is 18.1 Å². The summed E-state index contributed by atoms with van der Waals surface area (Å²) < 4.78 is 5.07. The van der Waals surface area contributed by atoms with Gasteiger partial charge >= 0.3 is 6.03 Å². The smallest absolute Gasteiger partial charge is 0.317 e. The van der Waals surface area contributed by atoms with Crippen LogP contribution in [0.25, 0.3) is 0 Å². The number of hydrogen-bond acceptors (Lipinski definition) is 4. The quantitative estimate of drug-likeness (QED) is 0.826. The number of aryl methyl sites for hydroxylation is 2. The lowest BCUT2D eigenvalue weighted by molar-refractivity contribution is 0.106. The van der Waals surface area contributed by atoms with E-state index in [0.717, 1.165) is 30.9 Å². The maximum atomic E-state index is 12.2. The monoisotopic (exact) mass is 322 g/mol. The molecule has 0 aliphatic carbocycles. The highest BCUT2D eigenvalue weighted by Crippen LogP contribution is 2.05. The van der Waals surface area contributed by atoms with Gasteiger partial charge in [-0.2, -0.15) is 0 Å². The number of H-pyrrole nitrogens is 1. The molecule has 7 nitrogen and oxygen atoms in total. The van der Waals surface area contributed by atoms with Gasteiger partial charge in [-0.3, -0.25) is 9.69 Å². The van der Waals surface area contributed by atoms with Crippen molar-refractivity contribution in [2.75, 3.05) is 46.4 Å². The van der Waals surface area contributed by atoms with Crippen molar-refractivity contribution < 1.29 is 9.53 Å². The molecule has 2 rings (SSSR count). The van der Waals surface area contributed by atoms with E-state index >= 15 is 0 Å². The predicted octanol–water partition coefficient (Wildman–Crippen LogP) is 0.465. The number of hydrogen-bond donors (Lipinski definition) is 2. The first-order chi connectivity index (χ1) is 11.0. The van der Waals surface area contributed by atoms with Crippen LogP contribution in [0.5, 0.6) is 0 Å². The van der Waals surface area contributed by atoms with Gasteiger partial charge in [0.25, 0.3) is 5.56 Å². The Kier molecular flexibility index (Phi) is 6.18. The predicted molar refractivity (Wildman–Crippen MR) is 88.7 cm³/mol. The molecular weight excluding hydrogens is 296 g/mol. The highest BCUT2D eigenvalue weighted by Gasteiger charge is 2.20. The number of aromatic nitrogens is 1. The second-order valence-electron chi connectivity index (χ2n) is 5.92. The summed E-state index contributed by atoms with van der Waals surface area (Å²) in [6.45, 7) is 8.67. The third-order valence-corrected chi connectivity index (χ3v) is 4.18. The number of ether oxygens (including phenoxy) is 1. The van der Waals surface area contributed by atoms with Gasteiger partial charge in [-0.25, -0.2) is 4.79 Å². The standard InChI is InChI=1S/C16H26N4O3/c1-12-10-13(2)18-15(21)14(12)11-17-16(22)20-6-4-19(5-7-20)8-9-23-3/h10H,4-9,11H2,1-3H3,(H,17,22)(H,18,21). The molecule has 1 aliphatic rings. The summed E-state index contributed by atoms with van der Waals surface area (Å²) in [5.74, 6) is 0. The van der Waals surface area contributed by atoms with Crippen molar-refractivity contribution in [3.8, 4) is 0 Å². The van der Waals surface area contributed by atoms with E-state index in [1.807, 2.05) is 19.9 Å². The second-order valence-corrected chi connectivity index (χ2v) is 5.92. The van der Waals surface area contributed by atoms with Gasteiger partial charge in [-0.15, -0.1) is 0 Å². The molecule has 7 heteroatoms. The number of rotatable bonds is 5. The maximum absolute atomic E-state index is 12.2. The van der Waals surface area contributed by atoms with E-state index in [4.69, 9.17) is 4.74 Å². The fourth-order valence-corrected chi connectivity index (χ4v) is 2.77. The van der Waals surface area contributed by atoms with Gasteiger partial charge < -0.3 is 19.9 Å². The third-order valence-electron chi connectivity index (χ3n) is 4.18.